The van der Waals surface area contributed by atoms with E-state index in [1.54, 1.807) is 36.4 Å². The number of pyridine rings is 1. The van der Waals surface area contributed by atoms with Crippen LogP contribution in [-0.2, 0) is 11.0 Å². The number of nitrogens with one attached hydrogen (secondary N) is 3. The maximum atomic E-state index is 13.3. The summed E-state index contributed by atoms with van der Waals surface area (Å²) < 4.78 is 15.4. The number of anilines is 1. The van der Waals surface area contributed by atoms with Crippen LogP contribution in [0.1, 0.15) is 67.5 Å². The summed E-state index contributed by atoms with van der Waals surface area (Å²) in [6, 6.07) is 10.3. The number of aliphatic hydroxyl groups excluding tert-OH is 1. The van der Waals surface area contributed by atoms with Crippen LogP contribution in [0.15, 0.2) is 77.5 Å². The summed E-state index contributed by atoms with van der Waals surface area (Å²) in [5.74, 6) is -0.692. The molecule has 0 aliphatic heterocycles. The van der Waals surface area contributed by atoms with Gasteiger partial charge in [-0.05, 0) is 59.2 Å². The highest BCUT2D eigenvalue weighted by Crippen LogP contribution is 2.36. The third-order valence-corrected chi connectivity index (χ3v) is 8.41. The number of carbonyl (C=O) groups excluding carboxylic acids is 2. The fourth-order valence-electron chi connectivity index (χ4n) is 3.90. The van der Waals surface area contributed by atoms with Crippen molar-refractivity contribution in [3.8, 4) is 0 Å². The number of allylic oxidation sites excluding steroid dienone is 3. The average Bonchev–Trinajstić information content (AvgIpc) is 3.32. The molecule has 0 saturated heterocycles. The Balaban J connectivity index is 0.00000226. The van der Waals surface area contributed by atoms with Crippen LogP contribution in [0.3, 0.4) is 0 Å². The van der Waals surface area contributed by atoms with Gasteiger partial charge < -0.3 is 20.5 Å². The second-order valence-electron chi connectivity index (χ2n) is 9.71. The molecular weight excluding hydrogens is 580 g/mol. The maximum Gasteiger partial charge on any atom is 0.265 e. The van der Waals surface area contributed by atoms with Gasteiger partial charge in [-0.2, -0.15) is 0 Å². The number of hydrogen-bond acceptors (Lipinski definition) is 6. The largest absolute Gasteiger partial charge is 0.510 e. The monoisotopic (exact) mass is 614 g/mol. The minimum absolute atomic E-state index is 0.0170. The lowest BCUT2D eigenvalue weighted by molar-refractivity contribution is 0.0967. The molecule has 8 nitrogen and oxygen atoms in total. The second-order valence-corrected chi connectivity index (χ2v) is 12.3. The number of thiophene rings is 1. The van der Waals surface area contributed by atoms with Gasteiger partial charge >= 0.3 is 0 Å². The SMILES string of the molecule is CC.CCC(C)(C)C1=CC(NS(C)=O)=C(O)CC(NC(=O)c2cc3cccc(NC(=O)c4ccc(Cl)nc4)c3s2)=C1. The molecule has 1 aliphatic carbocycles. The number of aromatic nitrogens is 1. The summed E-state index contributed by atoms with van der Waals surface area (Å²) in [6.45, 7) is 10.2. The highest BCUT2D eigenvalue weighted by Gasteiger charge is 2.25. The molecule has 2 heterocycles. The van der Waals surface area contributed by atoms with Crippen LogP contribution in [0.4, 0.5) is 5.69 Å². The Morgan fingerprint density at radius 2 is 1.85 bits per heavy atom. The second kappa shape index (κ2) is 13.9. The standard InChI is InChI=1S/C28H29ClN4O4S2.C2H6/c1-5-28(2,3)18-12-19(14-22(34)21(13-18)33-39(4)37)31-27(36)23-11-16-7-6-8-20(25(16)38-23)32-26(35)17-9-10-24(29)30-15-17;1-2/h6-13,15,33-34H,5,14H2,1-4H3,(H,31,36)(H,32,35);1-2H3. The number of benzene rings is 1. The van der Waals surface area contributed by atoms with Crippen LogP contribution >= 0.6 is 22.9 Å². The van der Waals surface area contributed by atoms with Crippen molar-refractivity contribution >= 4 is 61.5 Å². The molecule has 4 N–H and O–H groups in total. The first kappa shape index (κ1) is 32.0. The molecule has 11 heteroatoms. The van der Waals surface area contributed by atoms with Gasteiger partial charge in [0, 0.05) is 24.6 Å². The third-order valence-electron chi connectivity index (χ3n) is 6.50. The average molecular weight is 615 g/mol. The van der Waals surface area contributed by atoms with Crippen molar-refractivity contribution in [2.45, 2.75) is 47.5 Å². The lowest BCUT2D eigenvalue weighted by atomic mass is 9.81. The van der Waals surface area contributed by atoms with Crippen molar-refractivity contribution in [2.75, 3.05) is 11.6 Å². The van der Waals surface area contributed by atoms with Gasteiger partial charge in [-0.15, -0.1) is 11.3 Å². The number of rotatable bonds is 8. The quantitative estimate of drug-likeness (QED) is 0.199. The smallest absolute Gasteiger partial charge is 0.265 e. The molecule has 0 saturated carbocycles. The van der Waals surface area contributed by atoms with E-state index in [1.165, 1.54) is 23.8 Å². The number of carbonyl (C=O) groups is 2. The molecular formula is C30H35ClN4O4S2. The first-order chi connectivity index (χ1) is 19.5. The fraction of sp³-hybridized carbons (Fsp3) is 0.300. The molecule has 41 heavy (non-hydrogen) atoms. The van der Waals surface area contributed by atoms with Crippen molar-refractivity contribution in [1.82, 2.24) is 15.0 Å². The minimum atomic E-state index is -1.38. The highest BCUT2D eigenvalue weighted by molar-refractivity contribution is 7.82. The molecule has 2 amide bonds. The lowest BCUT2D eigenvalue weighted by Gasteiger charge is -2.25. The third kappa shape index (κ3) is 8.06. The lowest BCUT2D eigenvalue weighted by Crippen LogP contribution is -2.23. The van der Waals surface area contributed by atoms with Crippen molar-refractivity contribution in [3.63, 3.8) is 0 Å². The van der Waals surface area contributed by atoms with Gasteiger partial charge in [0.1, 0.15) is 21.9 Å². The van der Waals surface area contributed by atoms with Crippen LogP contribution in [0.25, 0.3) is 10.1 Å². The first-order valence-electron chi connectivity index (χ1n) is 13.2. The van der Waals surface area contributed by atoms with Crippen molar-refractivity contribution in [2.24, 2.45) is 5.41 Å². The zero-order valence-electron chi connectivity index (χ0n) is 23.9. The van der Waals surface area contributed by atoms with Gasteiger partial charge in [0.15, 0.2) is 0 Å². The number of hydrogen-bond donors (Lipinski definition) is 4. The Kier molecular flexibility index (Phi) is 10.9. The van der Waals surface area contributed by atoms with E-state index in [2.05, 4.69) is 41.1 Å². The predicted molar refractivity (Wildman–Crippen MR) is 170 cm³/mol. The molecule has 3 aromatic rings. The van der Waals surface area contributed by atoms with Crippen LogP contribution in [0, 0.1) is 5.41 Å². The van der Waals surface area contributed by atoms with Gasteiger partial charge in [0.25, 0.3) is 11.8 Å². The normalized spacial score (nSPS) is 14.2. The van der Waals surface area contributed by atoms with E-state index in [0.717, 1.165) is 22.1 Å². The van der Waals surface area contributed by atoms with Crippen molar-refractivity contribution in [1.29, 1.82) is 0 Å². The van der Waals surface area contributed by atoms with Gasteiger partial charge in [-0.25, -0.2) is 9.19 Å². The topological polar surface area (TPSA) is 120 Å². The Morgan fingerprint density at radius 1 is 1.12 bits per heavy atom. The number of aliphatic hydroxyl groups is 1. The van der Waals surface area contributed by atoms with E-state index < -0.39 is 11.0 Å². The number of fused-ring (bicyclic) bond motifs is 1. The van der Waals surface area contributed by atoms with Gasteiger partial charge in [0.2, 0.25) is 0 Å². The van der Waals surface area contributed by atoms with E-state index in [-0.39, 0.29) is 29.4 Å². The molecule has 0 fully saturated rings. The predicted octanol–water partition coefficient (Wildman–Crippen LogP) is 7.26. The van der Waals surface area contributed by atoms with E-state index in [0.29, 0.717) is 32.7 Å². The molecule has 1 aliphatic rings. The first-order valence-corrected chi connectivity index (χ1v) is 15.9. The number of halogens is 1. The molecule has 4 rings (SSSR count). The minimum Gasteiger partial charge on any atom is -0.510 e. The zero-order chi connectivity index (χ0) is 30.3. The zero-order valence-corrected chi connectivity index (χ0v) is 26.3. The van der Waals surface area contributed by atoms with E-state index in [4.69, 9.17) is 11.6 Å². The van der Waals surface area contributed by atoms with Gasteiger partial charge in [0.05, 0.1) is 26.5 Å². The highest BCUT2D eigenvalue weighted by atomic mass is 35.5. The van der Waals surface area contributed by atoms with Crippen LogP contribution in [-0.4, -0.2) is 32.4 Å². The van der Waals surface area contributed by atoms with Crippen molar-refractivity contribution < 1.29 is 18.9 Å². The van der Waals surface area contributed by atoms with E-state index >= 15 is 0 Å². The van der Waals surface area contributed by atoms with E-state index in [9.17, 15) is 18.9 Å². The van der Waals surface area contributed by atoms with Crippen LogP contribution in [0.2, 0.25) is 5.15 Å². The molecule has 1 aromatic carbocycles. The summed E-state index contributed by atoms with van der Waals surface area (Å²) >= 11 is 7.07. The Morgan fingerprint density at radius 3 is 2.49 bits per heavy atom. The van der Waals surface area contributed by atoms with Crippen molar-refractivity contribution in [3.05, 3.63) is 93.1 Å². The molecule has 0 bridgehead atoms. The molecule has 1 atom stereocenters. The van der Waals surface area contributed by atoms with Crippen LogP contribution < -0.4 is 15.4 Å². The summed E-state index contributed by atoms with van der Waals surface area (Å²) in [5.41, 5.74) is 2.45. The summed E-state index contributed by atoms with van der Waals surface area (Å²) in [7, 11) is -1.38. The number of nitrogens with zero attached hydrogens (tertiary/aromatic N) is 1. The van der Waals surface area contributed by atoms with Gasteiger partial charge in [-0.3, -0.25) is 9.59 Å². The Hall–Kier alpha value is -3.47. The summed E-state index contributed by atoms with van der Waals surface area (Å²) in [6.07, 6.45) is 7.42. The fourth-order valence-corrected chi connectivity index (χ4v) is 5.52. The Bertz CT molecular complexity index is 1560. The molecule has 0 radical (unpaired) electrons. The Labute approximate surface area is 252 Å². The molecule has 218 valence electrons. The molecule has 0 spiro atoms. The number of amides is 2. The molecule has 2 aromatic heterocycles. The maximum absolute atomic E-state index is 13.3. The van der Waals surface area contributed by atoms with E-state index in [1.807, 2.05) is 26.0 Å². The van der Waals surface area contributed by atoms with Gasteiger partial charge in [-0.1, -0.05) is 58.4 Å². The molecule has 1 unspecified atom stereocenters. The summed E-state index contributed by atoms with van der Waals surface area (Å²) in [5, 5.41) is 17.7. The summed E-state index contributed by atoms with van der Waals surface area (Å²) in [4.78, 5) is 30.5. The van der Waals surface area contributed by atoms with Crippen LogP contribution in [0.5, 0.6) is 0 Å².